The Balaban J connectivity index is 1.87. The van der Waals surface area contributed by atoms with Gasteiger partial charge in [0, 0.05) is 6.61 Å². The third kappa shape index (κ3) is 6.99. The summed E-state index contributed by atoms with van der Waals surface area (Å²) < 4.78 is 5.36. The zero-order valence-corrected chi connectivity index (χ0v) is 11.3. The first-order valence-electron chi connectivity index (χ1n) is 6.88. The summed E-state index contributed by atoms with van der Waals surface area (Å²) in [6, 6.07) is 0. The molecule has 1 rings (SSSR count). The number of piperidine rings is 1. The molecule has 0 bridgehead atoms. The number of ether oxygens (including phenoxy) is 1. The number of aliphatic hydroxyl groups excluding tert-OH is 1. The molecular weight excluding hydrogens is 216 g/mol. The maximum atomic E-state index is 9.20. The van der Waals surface area contributed by atoms with Crippen LogP contribution in [0.25, 0.3) is 0 Å². The first kappa shape index (κ1) is 14.9. The van der Waals surface area contributed by atoms with Gasteiger partial charge in [0.15, 0.2) is 0 Å². The van der Waals surface area contributed by atoms with E-state index in [2.05, 4.69) is 17.1 Å². The number of likely N-dealkylation sites (N-methyl/N-ethyl adjacent to an activating group) is 1. The topological polar surface area (TPSA) is 44.7 Å². The van der Waals surface area contributed by atoms with Gasteiger partial charge < -0.3 is 14.7 Å². The molecule has 1 fully saturated rings. The van der Waals surface area contributed by atoms with Crippen LogP contribution in [0.2, 0.25) is 0 Å². The Labute approximate surface area is 105 Å². The van der Waals surface area contributed by atoms with Crippen LogP contribution in [0.4, 0.5) is 0 Å². The van der Waals surface area contributed by atoms with Crippen LogP contribution in [-0.2, 0) is 4.74 Å². The largest absolute Gasteiger partial charge is 0.377 e. The highest BCUT2D eigenvalue weighted by Gasteiger charge is 2.14. The molecule has 1 aliphatic heterocycles. The van der Waals surface area contributed by atoms with Gasteiger partial charge >= 0.3 is 0 Å². The Morgan fingerprint density at radius 1 is 1.35 bits per heavy atom. The zero-order chi connectivity index (χ0) is 12.5. The predicted octanol–water partition coefficient (Wildman–Crippen LogP) is 1.05. The highest BCUT2D eigenvalue weighted by Crippen LogP contribution is 2.16. The molecule has 102 valence electrons. The molecule has 1 saturated heterocycles. The summed E-state index contributed by atoms with van der Waals surface area (Å²) in [6.07, 6.45) is 4.46. The van der Waals surface area contributed by atoms with E-state index in [0.29, 0.717) is 6.61 Å². The SMILES string of the molecule is CNC(O)COCCCCN1CCC(C)CC1. The molecule has 0 aliphatic carbocycles. The van der Waals surface area contributed by atoms with E-state index >= 15 is 0 Å². The molecular formula is C13H28N2O2. The molecule has 0 spiro atoms. The van der Waals surface area contributed by atoms with Crippen molar-refractivity contribution in [2.75, 3.05) is 39.9 Å². The van der Waals surface area contributed by atoms with E-state index in [1.54, 1.807) is 7.05 Å². The highest BCUT2D eigenvalue weighted by molar-refractivity contribution is 4.68. The van der Waals surface area contributed by atoms with Crippen LogP contribution in [0, 0.1) is 5.92 Å². The summed E-state index contributed by atoms with van der Waals surface area (Å²) in [4.78, 5) is 2.56. The first-order chi connectivity index (χ1) is 8.22. The quantitative estimate of drug-likeness (QED) is 0.495. The monoisotopic (exact) mass is 244 g/mol. The van der Waals surface area contributed by atoms with Crippen LogP contribution in [-0.4, -0.2) is 56.1 Å². The fraction of sp³-hybridized carbons (Fsp3) is 1.00. The fourth-order valence-electron chi connectivity index (χ4n) is 2.10. The molecule has 4 nitrogen and oxygen atoms in total. The van der Waals surface area contributed by atoms with Crippen molar-refractivity contribution in [1.29, 1.82) is 0 Å². The van der Waals surface area contributed by atoms with Crippen molar-refractivity contribution in [3.63, 3.8) is 0 Å². The van der Waals surface area contributed by atoms with Crippen LogP contribution in [0.1, 0.15) is 32.6 Å². The molecule has 0 amide bonds. The number of nitrogens with one attached hydrogen (secondary N) is 1. The van der Waals surface area contributed by atoms with Gasteiger partial charge in [-0.05, 0) is 58.3 Å². The van der Waals surface area contributed by atoms with E-state index in [1.807, 2.05) is 0 Å². The zero-order valence-electron chi connectivity index (χ0n) is 11.3. The van der Waals surface area contributed by atoms with Gasteiger partial charge in [-0.2, -0.15) is 0 Å². The van der Waals surface area contributed by atoms with E-state index in [4.69, 9.17) is 4.74 Å². The van der Waals surface area contributed by atoms with Gasteiger partial charge in [-0.3, -0.25) is 5.32 Å². The number of aliphatic hydroxyl groups is 1. The van der Waals surface area contributed by atoms with Crippen molar-refractivity contribution in [1.82, 2.24) is 10.2 Å². The molecule has 1 unspecified atom stereocenters. The van der Waals surface area contributed by atoms with Crippen molar-refractivity contribution >= 4 is 0 Å². The number of unbranched alkanes of at least 4 members (excludes halogenated alkanes) is 1. The van der Waals surface area contributed by atoms with Gasteiger partial charge in [0.25, 0.3) is 0 Å². The van der Waals surface area contributed by atoms with Crippen LogP contribution in [0.15, 0.2) is 0 Å². The smallest absolute Gasteiger partial charge is 0.128 e. The lowest BCUT2D eigenvalue weighted by Crippen LogP contribution is -2.33. The van der Waals surface area contributed by atoms with Gasteiger partial charge in [-0.1, -0.05) is 6.92 Å². The Kier molecular flexibility index (Phi) is 7.77. The molecule has 0 aromatic heterocycles. The first-order valence-corrected chi connectivity index (χ1v) is 6.88. The minimum absolute atomic E-state index is 0.387. The average Bonchev–Trinajstić information content (AvgIpc) is 2.35. The number of hydrogen-bond acceptors (Lipinski definition) is 4. The fourth-order valence-corrected chi connectivity index (χ4v) is 2.10. The molecule has 0 saturated carbocycles. The maximum Gasteiger partial charge on any atom is 0.128 e. The maximum absolute atomic E-state index is 9.20. The normalized spacial score (nSPS) is 20.6. The highest BCUT2D eigenvalue weighted by atomic mass is 16.5. The van der Waals surface area contributed by atoms with Crippen molar-refractivity contribution in [2.24, 2.45) is 5.92 Å². The third-order valence-corrected chi connectivity index (χ3v) is 3.50. The van der Waals surface area contributed by atoms with Crippen molar-refractivity contribution in [2.45, 2.75) is 38.8 Å². The second kappa shape index (κ2) is 8.86. The molecule has 0 aromatic carbocycles. The number of nitrogens with zero attached hydrogens (tertiary/aromatic N) is 1. The summed E-state index contributed by atoms with van der Waals surface area (Å²) in [5.41, 5.74) is 0. The van der Waals surface area contributed by atoms with Crippen LogP contribution >= 0.6 is 0 Å². The lowest BCUT2D eigenvalue weighted by molar-refractivity contribution is 0.0210. The van der Waals surface area contributed by atoms with Gasteiger partial charge in [-0.25, -0.2) is 0 Å². The van der Waals surface area contributed by atoms with Crippen molar-refractivity contribution in [3.8, 4) is 0 Å². The van der Waals surface area contributed by atoms with Crippen LogP contribution in [0.5, 0.6) is 0 Å². The van der Waals surface area contributed by atoms with Gasteiger partial charge in [0.1, 0.15) is 6.23 Å². The Morgan fingerprint density at radius 2 is 2.06 bits per heavy atom. The third-order valence-electron chi connectivity index (χ3n) is 3.50. The summed E-state index contributed by atoms with van der Waals surface area (Å²) in [5.74, 6) is 0.914. The minimum Gasteiger partial charge on any atom is -0.377 e. The predicted molar refractivity (Wildman–Crippen MR) is 70.0 cm³/mol. The average molecular weight is 244 g/mol. The van der Waals surface area contributed by atoms with E-state index in [1.165, 1.54) is 38.9 Å². The molecule has 1 aliphatic rings. The van der Waals surface area contributed by atoms with Crippen molar-refractivity contribution < 1.29 is 9.84 Å². The summed E-state index contributed by atoms with van der Waals surface area (Å²) in [5, 5.41) is 11.9. The number of rotatable bonds is 8. The van der Waals surface area contributed by atoms with Gasteiger partial charge in [-0.15, -0.1) is 0 Å². The summed E-state index contributed by atoms with van der Waals surface area (Å²) in [6.45, 7) is 7.21. The minimum atomic E-state index is -0.529. The molecule has 0 radical (unpaired) electrons. The summed E-state index contributed by atoms with van der Waals surface area (Å²) >= 11 is 0. The summed E-state index contributed by atoms with van der Waals surface area (Å²) in [7, 11) is 1.73. The molecule has 4 heteroatoms. The van der Waals surface area contributed by atoms with Gasteiger partial charge in [0.05, 0.1) is 6.61 Å². The van der Waals surface area contributed by atoms with E-state index < -0.39 is 6.23 Å². The van der Waals surface area contributed by atoms with E-state index in [-0.39, 0.29) is 0 Å². The van der Waals surface area contributed by atoms with Gasteiger partial charge in [0.2, 0.25) is 0 Å². The lowest BCUT2D eigenvalue weighted by Gasteiger charge is -2.30. The van der Waals surface area contributed by atoms with Crippen LogP contribution < -0.4 is 5.32 Å². The standard InChI is InChI=1S/C13H28N2O2/c1-12-5-8-15(9-6-12)7-3-4-10-17-11-13(16)14-2/h12-14,16H,3-11H2,1-2H3. The van der Waals surface area contributed by atoms with E-state index in [0.717, 1.165) is 18.9 Å². The lowest BCUT2D eigenvalue weighted by atomic mass is 9.99. The number of hydrogen-bond donors (Lipinski definition) is 2. The number of likely N-dealkylation sites (tertiary alicyclic amines) is 1. The van der Waals surface area contributed by atoms with Crippen molar-refractivity contribution in [3.05, 3.63) is 0 Å². The Hall–Kier alpha value is -0.160. The molecule has 0 aromatic rings. The molecule has 2 N–H and O–H groups in total. The second-order valence-corrected chi connectivity index (χ2v) is 5.11. The molecule has 17 heavy (non-hydrogen) atoms. The van der Waals surface area contributed by atoms with E-state index in [9.17, 15) is 5.11 Å². The molecule has 1 heterocycles. The Bertz CT molecular complexity index is 182. The Morgan fingerprint density at radius 3 is 2.71 bits per heavy atom. The van der Waals surface area contributed by atoms with Crippen LogP contribution in [0.3, 0.4) is 0 Å². The second-order valence-electron chi connectivity index (χ2n) is 5.11. The molecule has 1 atom stereocenters.